The van der Waals surface area contributed by atoms with E-state index in [1.165, 1.54) is 0 Å². The van der Waals surface area contributed by atoms with E-state index in [9.17, 15) is 9.59 Å². The molecule has 3 saturated heterocycles. The van der Waals surface area contributed by atoms with Crippen molar-refractivity contribution in [3.8, 4) is 0 Å². The number of likely N-dealkylation sites (tertiary alicyclic amines) is 1. The van der Waals surface area contributed by atoms with E-state index in [-0.39, 0.29) is 36.4 Å². The molecule has 20 heavy (non-hydrogen) atoms. The average Bonchev–Trinajstić information content (AvgIpc) is 2.77. The summed E-state index contributed by atoms with van der Waals surface area (Å²) < 4.78 is 5.27. The predicted molar refractivity (Wildman–Crippen MR) is 73.1 cm³/mol. The number of rotatable bonds is 3. The molecule has 0 bridgehead atoms. The highest BCUT2D eigenvalue weighted by molar-refractivity contribution is 5.88. The van der Waals surface area contributed by atoms with Crippen molar-refractivity contribution in [3.05, 3.63) is 0 Å². The van der Waals surface area contributed by atoms with Gasteiger partial charge in [0.15, 0.2) is 0 Å². The van der Waals surface area contributed by atoms with Crippen LogP contribution in [0.1, 0.15) is 25.7 Å². The molecule has 3 aliphatic heterocycles. The molecule has 3 rings (SSSR count). The molecule has 2 atom stereocenters. The van der Waals surface area contributed by atoms with E-state index >= 15 is 0 Å². The van der Waals surface area contributed by atoms with E-state index in [2.05, 4.69) is 10.6 Å². The van der Waals surface area contributed by atoms with Crippen LogP contribution in [0.15, 0.2) is 0 Å². The second-order valence-corrected chi connectivity index (χ2v) is 5.98. The highest BCUT2D eigenvalue weighted by atomic mass is 16.5. The minimum Gasteiger partial charge on any atom is -0.381 e. The first-order valence-electron chi connectivity index (χ1n) is 7.63. The summed E-state index contributed by atoms with van der Waals surface area (Å²) in [5, 5.41) is 6.40. The summed E-state index contributed by atoms with van der Waals surface area (Å²) in [5.74, 6) is 0.188. The van der Waals surface area contributed by atoms with Gasteiger partial charge in [0.1, 0.15) is 0 Å². The molecule has 0 saturated carbocycles. The number of ether oxygens (including phenoxy) is 1. The van der Waals surface area contributed by atoms with E-state index < -0.39 is 0 Å². The molecule has 2 N–H and O–H groups in total. The molecule has 0 aromatic rings. The highest BCUT2D eigenvalue weighted by Gasteiger charge is 2.41. The maximum atomic E-state index is 12.3. The van der Waals surface area contributed by atoms with Crippen LogP contribution in [0.25, 0.3) is 0 Å². The van der Waals surface area contributed by atoms with Crippen LogP contribution in [-0.2, 0) is 14.3 Å². The average molecular weight is 281 g/mol. The van der Waals surface area contributed by atoms with Crippen molar-refractivity contribution >= 4 is 11.8 Å². The van der Waals surface area contributed by atoms with E-state index in [4.69, 9.17) is 4.74 Å². The Morgan fingerprint density at radius 1 is 1.35 bits per heavy atom. The first kappa shape index (κ1) is 13.8. The summed E-state index contributed by atoms with van der Waals surface area (Å²) in [4.78, 5) is 26.0. The molecule has 0 radical (unpaired) electrons. The molecule has 3 fully saturated rings. The fourth-order valence-electron chi connectivity index (χ4n) is 3.43. The van der Waals surface area contributed by atoms with Gasteiger partial charge < -0.3 is 20.3 Å². The SMILES string of the molecule is O=C(CN1CC2NCCCC2C1=O)NC1CCOCC1. The molecule has 0 aromatic carbocycles. The van der Waals surface area contributed by atoms with Crippen LogP contribution in [0.2, 0.25) is 0 Å². The lowest BCUT2D eigenvalue weighted by Gasteiger charge is -2.24. The third-order valence-corrected chi connectivity index (χ3v) is 4.55. The maximum absolute atomic E-state index is 12.3. The minimum absolute atomic E-state index is 0.0381. The van der Waals surface area contributed by atoms with Crippen LogP contribution < -0.4 is 10.6 Å². The summed E-state index contributed by atoms with van der Waals surface area (Å²) >= 11 is 0. The molecule has 6 nitrogen and oxygen atoms in total. The molecule has 112 valence electrons. The number of nitrogens with zero attached hydrogens (tertiary/aromatic N) is 1. The zero-order valence-corrected chi connectivity index (χ0v) is 11.8. The van der Waals surface area contributed by atoms with Gasteiger partial charge in [-0.25, -0.2) is 0 Å². The maximum Gasteiger partial charge on any atom is 0.239 e. The van der Waals surface area contributed by atoms with Crippen molar-refractivity contribution in [2.45, 2.75) is 37.8 Å². The number of hydrogen-bond acceptors (Lipinski definition) is 4. The van der Waals surface area contributed by atoms with E-state index in [1.807, 2.05) is 0 Å². The predicted octanol–water partition coefficient (Wildman–Crippen LogP) is -0.508. The van der Waals surface area contributed by atoms with Gasteiger partial charge in [-0.2, -0.15) is 0 Å². The lowest BCUT2D eigenvalue weighted by atomic mass is 9.94. The Balaban J connectivity index is 1.49. The Hall–Kier alpha value is -1.14. The zero-order valence-electron chi connectivity index (χ0n) is 11.8. The van der Waals surface area contributed by atoms with Gasteiger partial charge in [0.2, 0.25) is 11.8 Å². The minimum atomic E-state index is -0.0381. The normalized spacial score (nSPS) is 31.2. The van der Waals surface area contributed by atoms with Crippen molar-refractivity contribution in [2.24, 2.45) is 5.92 Å². The van der Waals surface area contributed by atoms with Crippen LogP contribution in [0, 0.1) is 5.92 Å². The van der Waals surface area contributed by atoms with Crippen molar-refractivity contribution in [1.82, 2.24) is 15.5 Å². The highest BCUT2D eigenvalue weighted by Crippen LogP contribution is 2.25. The standard InChI is InChI=1S/C14H23N3O3/c18-13(16-10-3-6-20-7-4-10)9-17-8-12-11(14(17)19)2-1-5-15-12/h10-12,15H,1-9H2,(H,16,18). The number of carbonyl (C=O) groups is 2. The molecule has 0 aliphatic carbocycles. The second kappa shape index (κ2) is 6.10. The fraction of sp³-hybridized carbons (Fsp3) is 0.857. The molecule has 0 spiro atoms. The Labute approximate surface area is 119 Å². The topological polar surface area (TPSA) is 70.7 Å². The first-order valence-corrected chi connectivity index (χ1v) is 7.63. The summed E-state index contributed by atoms with van der Waals surface area (Å²) in [7, 11) is 0. The lowest BCUT2D eigenvalue weighted by molar-refractivity contribution is -0.136. The smallest absolute Gasteiger partial charge is 0.239 e. The number of amides is 2. The van der Waals surface area contributed by atoms with Gasteiger partial charge in [-0.15, -0.1) is 0 Å². The second-order valence-electron chi connectivity index (χ2n) is 5.98. The quantitative estimate of drug-likeness (QED) is 0.731. The molecule has 2 unspecified atom stereocenters. The van der Waals surface area contributed by atoms with Crippen molar-refractivity contribution in [2.75, 3.05) is 32.8 Å². The van der Waals surface area contributed by atoms with Crippen LogP contribution in [-0.4, -0.2) is 61.6 Å². The number of fused-ring (bicyclic) bond motifs is 1. The van der Waals surface area contributed by atoms with Crippen molar-refractivity contribution < 1.29 is 14.3 Å². The first-order chi connectivity index (χ1) is 9.74. The van der Waals surface area contributed by atoms with Gasteiger partial charge in [-0.05, 0) is 32.2 Å². The van der Waals surface area contributed by atoms with Crippen molar-refractivity contribution in [1.29, 1.82) is 0 Å². The number of carbonyl (C=O) groups excluding carboxylic acids is 2. The van der Waals surface area contributed by atoms with Gasteiger partial charge >= 0.3 is 0 Å². The van der Waals surface area contributed by atoms with Gasteiger partial charge in [-0.1, -0.05) is 0 Å². The largest absolute Gasteiger partial charge is 0.381 e. The van der Waals surface area contributed by atoms with Gasteiger partial charge in [0.05, 0.1) is 12.5 Å². The van der Waals surface area contributed by atoms with E-state index in [0.29, 0.717) is 19.8 Å². The van der Waals surface area contributed by atoms with E-state index in [0.717, 1.165) is 32.2 Å². The number of nitrogens with one attached hydrogen (secondary N) is 2. The zero-order chi connectivity index (χ0) is 13.9. The van der Waals surface area contributed by atoms with Crippen molar-refractivity contribution in [3.63, 3.8) is 0 Å². The Bertz CT molecular complexity index is 382. The van der Waals surface area contributed by atoms with Gasteiger partial charge in [-0.3, -0.25) is 9.59 Å². The Morgan fingerprint density at radius 3 is 2.90 bits per heavy atom. The Kier molecular flexibility index (Phi) is 4.21. The third-order valence-electron chi connectivity index (χ3n) is 4.55. The van der Waals surface area contributed by atoms with Gasteiger partial charge in [0.25, 0.3) is 0 Å². The van der Waals surface area contributed by atoms with Crippen LogP contribution in [0.5, 0.6) is 0 Å². The molecule has 6 heteroatoms. The van der Waals surface area contributed by atoms with E-state index in [1.54, 1.807) is 4.90 Å². The fourth-order valence-corrected chi connectivity index (χ4v) is 3.43. The van der Waals surface area contributed by atoms with Gasteiger partial charge in [0, 0.05) is 31.8 Å². The Morgan fingerprint density at radius 2 is 2.15 bits per heavy atom. The summed E-state index contributed by atoms with van der Waals surface area (Å²) in [6.45, 7) is 3.27. The molecule has 2 amide bonds. The molecule has 3 aliphatic rings. The number of hydrogen-bond donors (Lipinski definition) is 2. The lowest BCUT2D eigenvalue weighted by Crippen LogP contribution is -2.45. The van der Waals surface area contributed by atoms with Crippen LogP contribution in [0.4, 0.5) is 0 Å². The van der Waals surface area contributed by atoms with Crippen LogP contribution in [0.3, 0.4) is 0 Å². The monoisotopic (exact) mass is 281 g/mol. The molecule has 0 aromatic heterocycles. The summed E-state index contributed by atoms with van der Waals surface area (Å²) in [5.41, 5.74) is 0. The molecular formula is C14H23N3O3. The summed E-state index contributed by atoms with van der Waals surface area (Å²) in [6.07, 6.45) is 3.74. The molecule has 3 heterocycles. The number of piperidine rings is 1. The molecular weight excluding hydrogens is 258 g/mol. The van der Waals surface area contributed by atoms with Crippen LogP contribution >= 0.6 is 0 Å². The summed E-state index contributed by atoms with van der Waals surface area (Å²) in [6, 6.07) is 0.446. The third kappa shape index (κ3) is 2.96.